The van der Waals surface area contributed by atoms with Crippen molar-refractivity contribution in [1.29, 1.82) is 0 Å². The Labute approximate surface area is 320 Å². The molecule has 53 heavy (non-hydrogen) atoms. The summed E-state index contributed by atoms with van der Waals surface area (Å²) in [5.74, 6) is 0.607. The average molecular weight is 784 g/mol. The summed E-state index contributed by atoms with van der Waals surface area (Å²) in [5.41, 5.74) is 10.0. The number of amides is 3. The van der Waals surface area contributed by atoms with Crippen LogP contribution in [0.15, 0.2) is 132 Å². The van der Waals surface area contributed by atoms with Gasteiger partial charge in [0.25, 0.3) is 5.91 Å². The van der Waals surface area contributed by atoms with Crippen LogP contribution < -0.4 is 30.7 Å². The van der Waals surface area contributed by atoms with Crippen LogP contribution in [0.25, 0.3) is 0 Å². The highest BCUT2D eigenvalue weighted by Gasteiger charge is 2.16. The number of methoxy groups -OCH3 is 2. The largest absolute Gasteiger partial charge is 0.497 e. The molecular weight excluding hydrogens is 736 g/mol. The Hall–Kier alpha value is -5.94. The van der Waals surface area contributed by atoms with Crippen molar-refractivity contribution in [2.75, 3.05) is 38.5 Å². The van der Waals surface area contributed by atoms with Crippen LogP contribution in [-0.2, 0) is 22.4 Å². The van der Waals surface area contributed by atoms with Gasteiger partial charge in [-0.2, -0.15) is 0 Å². The zero-order valence-corrected chi connectivity index (χ0v) is 32.2. The van der Waals surface area contributed by atoms with E-state index >= 15 is 0 Å². The quantitative estimate of drug-likeness (QED) is 0.112. The molecule has 5 aromatic rings. The van der Waals surface area contributed by atoms with E-state index in [1.807, 2.05) is 74.8 Å². The number of primary amides is 1. The molecule has 4 N–H and O–H groups in total. The molecule has 0 spiro atoms. The minimum atomic E-state index is -0.652. The van der Waals surface area contributed by atoms with Crippen LogP contribution in [0.1, 0.15) is 38.8 Å². The lowest BCUT2D eigenvalue weighted by atomic mass is 10.1. The van der Waals surface area contributed by atoms with Crippen molar-refractivity contribution in [2.45, 2.75) is 25.8 Å². The smallest absolute Gasteiger partial charge is 0.251 e. The summed E-state index contributed by atoms with van der Waals surface area (Å²) in [6.07, 6.45) is 2.87. The molecule has 0 radical (unpaired) electrons. The van der Waals surface area contributed by atoms with E-state index in [1.54, 1.807) is 44.6 Å². The number of benzene rings is 5. The van der Waals surface area contributed by atoms with Gasteiger partial charge in [-0.1, -0.05) is 83.5 Å². The maximum atomic E-state index is 12.3. The third-order valence-electron chi connectivity index (χ3n) is 7.38. The summed E-state index contributed by atoms with van der Waals surface area (Å²) in [4.78, 5) is 46.8. The summed E-state index contributed by atoms with van der Waals surface area (Å²) in [5, 5.41) is 5.17. The lowest BCUT2D eigenvalue weighted by molar-refractivity contribution is -0.109. The summed E-state index contributed by atoms with van der Waals surface area (Å²) >= 11 is 3.23. The first-order valence-corrected chi connectivity index (χ1v) is 17.4. The molecule has 0 aliphatic rings. The molecule has 0 unspecified atom stereocenters. The molecule has 0 heterocycles. The van der Waals surface area contributed by atoms with E-state index in [2.05, 4.69) is 62.7 Å². The number of aryl methyl sites for hydroxylation is 1. The Bertz CT molecular complexity index is 1820. The molecule has 11 heteroatoms. The van der Waals surface area contributed by atoms with Crippen molar-refractivity contribution < 1.29 is 28.7 Å². The van der Waals surface area contributed by atoms with Gasteiger partial charge in [-0.15, -0.1) is 0 Å². The second kappa shape index (κ2) is 24.3. The van der Waals surface area contributed by atoms with Gasteiger partial charge in [0.1, 0.15) is 17.8 Å². The van der Waals surface area contributed by atoms with Gasteiger partial charge in [0.15, 0.2) is 0 Å². The molecule has 278 valence electrons. The van der Waals surface area contributed by atoms with Gasteiger partial charge in [0.2, 0.25) is 12.3 Å². The van der Waals surface area contributed by atoms with Gasteiger partial charge in [0, 0.05) is 41.1 Å². The molecule has 0 saturated heterocycles. The SMILES string of the molecule is CCc1ccccc1.COc1ccc(N(C)C)cc1.COc1ccc(NC=O)cc1.NC(=O)c1cc(Br)cc(C(=O)N[C@H](C=O)Cc2ccccc2)c1. The van der Waals surface area contributed by atoms with E-state index in [1.165, 1.54) is 23.4 Å². The summed E-state index contributed by atoms with van der Waals surface area (Å²) in [6, 6.07) is 38.7. The standard InChI is InChI=1S/C17H15BrN2O3.C9H13NO.C8H9NO2.C8H10/c18-14-8-12(16(19)22)7-13(9-14)17(23)20-15(10-21)6-11-4-2-1-3-5-11;1-10(2)8-4-6-9(11-3)7-5-8;1-11-8-4-2-7(3-5-8)9-6-10;1-2-8-6-4-3-5-7-8/h1-5,7-10,15H,6H2,(H2,19,22)(H,20,23);4-7H,1-3H3;2-6H,1H3,(H,9,10);3-7H,2H2,1H3/t15-;;;/m0.../s1. The molecule has 10 nitrogen and oxygen atoms in total. The predicted molar refractivity (Wildman–Crippen MR) is 216 cm³/mol. The van der Waals surface area contributed by atoms with Crippen LogP contribution in [0.5, 0.6) is 11.5 Å². The summed E-state index contributed by atoms with van der Waals surface area (Å²) < 4.78 is 10.5. The van der Waals surface area contributed by atoms with Gasteiger partial charge in [-0.05, 0) is 90.7 Å². The molecule has 5 aromatic carbocycles. The summed E-state index contributed by atoms with van der Waals surface area (Å²) in [6.45, 7) is 2.16. The van der Waals surface area contributed by atoms with Crippen molar-refractivity contribution in [3.8, 4) is 11.5 Å². The number of nitrogens with one attached hydrogen (secondary N) is 2. The highest BCUT2D eigenvalue weighted by molar-refractivity contribution is 9.10. The number of nitrogens with zero attached hydrogens (tertiary/aromatic N) is 1. The van der Waals surface area contributed by atoms with Gasteiger partial charge < -0.3 is 35.5 Å². The van der Waals surface area contributed by atoms with Crippen molar-refractivity contribution in [2.24, 2.45) is 5.73 Å². The molecule has 5 rings (SSSR count). The Morgan fingerprint density at radius 3 is 1.70 bits per heavy atom. The molecule has 1 atom stereocenters. The third-order valence-corrected chi connectivity index (χ3v) is 7.84. The fourth-order valence-corrected chi connectivity index (χ4v) is 4.96. The molecule has 0 aliphatic carbocycles. The van der Waals surface area contributed by atoms with E-state index in [4.69, 9.17) is 15.2 Å². The van der Waals surface area contributed by atoms with Gasteiger partial charge in [-0.25, -0.2) is 0 Å². The maximum Gasteiger partial charge on any atom is 0.251 e. The van der Waals surface area contributed by atoms with Gasteiger partial charge >= 0.3 is 0 Å². The second-order valence-electron chi connectivity index (χ2n) is 11.4. The highest BCUT2D eigenvalue weighted by Crippen LogP contribution is 2.18. The molecule has 0 fully saturated rings. The fraction of sp³-hybridized carbons (Fsp3) is 0.190. The lowest BCUT2D eigenvalue weighted by Crippen LogP contribution is -2.37. The number of carbonyl (C=O) groups excluding carboxylic acids is 4. The Kier molecular flexibility index (Phi) is 19.8. The number of hydrogen-bond donors (Lipinski definition) is 3. The van der Waals surface area contributed by atoms with Crippen LogP contribution in [0.4, 0.5) is 11.4 Å². The number of rotatable bonds is 12. The molecule has 0 aliphatic heterocycles. The monoisotopic (exact) mass is 782 g/mol. The summed E-state index contributed by atoms with van der Waals surface area (Å²) in [7, 11) is 7.30. The van der Waals surface area contributed by atoms with Crippen LogP contribution in [0.2, 0.25) is 0 Å². The maximum absolute atomic E-state index is 12.3. The number of anilines is 2. The number of aldehydes is 1. The number of nitrogens with two attached hydrogens (primary N) is 1. The van der Waals surface area contributed by atoms with E-state index in [-0.39, 0.29) is 11.1 Å². The molecular formula is C42H47BrN4O6. The van der Waals surface area contributed by atoms with Crippen LogP contribution in [0, 0.1) is 0 Å². The number of hydrogen-bond acceptors (Lipinski definition) is 7. The predicted octanol–water partition coefficient (Wildman–Crippen LogP) is 7.36. The normalized spacial score (nSPS) is 10.2. The highest BCUT2D eigenvalue weighted by atomic mass is 79.9. The zero-order chi connectivity index (χ0) is 39.0. The average Bonchev–Trinajstić information content (AvgIpc) is 3.19. The minimum absolute atomic E-state index is 0.218. The van der Waals surface area contributed by atoms with E-state index < -0.39 is 17.9 Å². The molecule has 0 bridgehead atoms. The Morgan fingerprint density at radius 2 is 1.26 bits per heavy atom. The lowest BCUT2D eigenvalue weighted by Gasteiger charge is -2.13. The fourth-order valence-electron chi connectivity index (χ4n) is 4.47. The van der Waals surface area contributed by atoms with Crippen LogP contribution >= 0.6 is 15.9 Å². The van der Waals surface area contributed by atoms with Gasteiger partial charge in [-0.3, -0.25) is 14.4 Å². The van der Waals surface area contributed by atoms with Crippen molar-refractivity contribution in [3.63, 3.8) is 0 Å². The third kappa shape index (κ3) is 16.8. The second-order valence-corrected chi connectivity index (χ2v) is 12.3. The number of ether oxygens (including phenoxy) is 2. The molecule has 0 saturated carbocycles. The van der Waals surface area contributed by atoms with Crippen molar-refractivity contribution in [3.05, 3.63) is 154 Å². The van der Waals surface area contributed by atoms with E-state index in [9.17, 15) is 19.2 Å². The number of halogens is 1. The minimum Gasteiger partial charge on any atom is -0.497 e. The van der Waals surface area contributed by atoms with Crippen LogP contribution in [0.3, 0.4) is 0 Å². The first kappa shape index (κ1) is 43.2. The Balaban J connectivity index is 0.000000270. The zero-order valence-electron chi connectivity index (χ0n) is 30.6. The van der Waals surface area contributed by atoms with Crippen molar-refractivity contribution in [1.82, 2.24) is 5.32 Å². The van der Waals surface area contributed by atoms with Gasteiger partial charge in [0.05, 0.1) is 20.3 Å². The first-order valence-electron chi connectivity index (χ1n) is 16.6. The Morgan fingerprint density at radius 1 is 0.755 bits per heavy atom. The molecule has 3 amide bonds. The van der Waals surface area contributed by atoms with Crippen molar-refractivity contribution >= 4 is 51.8 Å². The number of carbonyl (C=O) groups is 4. The first-order chi connectivity index (χ1) is 25.5. The molecule has 0 aromatic heterocycles. The van der Waals surface area contributed by atoms with E-state index in [0.717, 1.165) is 29.2 Å². The topological polar surface area (TPSA) is 140 Å². The van der Waals surface area contributed by atoms with Crippen LogP contribution in [-0.4, -0.2) is 58.9 Å². The van der Waals surface area contributed by atoms with E-state index in [0.29, 0.717) is 23.6 Å².